The van der Waals surface area contributed by atoms with Gasteiger partial charge < -0.3 is 0 Å². The van der Waals surface area contributed by atoms with E-state index in [4.69, 9.17) is 0 Å². The maximum absolute atomic E-state index is 13.4. The number of alkyl halides is 3. The maximum Gasteiger partial charge on any atom is 0.394 e. The van der Waals surface area contributed by atoms with E-state index in [-0.39, 0.29) is 0 Å². The molecule has 0 radical (unpaired) electrons. The second-order valence-electron chi connectivity index (χ2n) is 8.87. The van der Waals surface area contributed by atoms with Gasteiger partial charge in [-0.1, -0.05) is 85.0 Å². The molecule has 0 N–H and O–H groups in total. The van der Waals surface area contributed by atoms with Crippen molar-refractivity contribution in [1.29, 1.82) is 0 Å². The molecule has 0 aliphatic heterocycles. The molecular formula is C20H37F3. The van der Waals surface area contributed by atoms with Crippen LogP contribution in [0.4, 0.5) is 13.2 Å². The second-order valence-corrected chi connectivity index (χ2v) is 8.87. The third-order valence-corrected chi connectivity index (χ3v) is 5.49. The first-order chi connectivity index (χ1) is 10.7. The molecule has 1 aliphatic rings. The molecule has 0 unspecified atom stereocenters. The molecule has 1 rings (SSSR count). The summed E-state index contributed by atoms with van der Waals surface area (Å²) in [6.45, 7) is 6.82. The van der Waals surface area contributed by atoms with Gasteiger partial charge in [0.2, 0.25) is 0 Å². The van der Waals surface area contributed by atoms with Crippen LogP contribution in [0.15, 0.2) is 0 Å². The molecule has 0 spiro atoms. The Morgan fingerprint density at radius 3 is 1.65 bits per heavy atom. The summed E-state index contributed by atoms with van der Waals surface area (Å²) in [4.78, 5) is 0. The quantitative estimate of drug-likeness (QED) is 0.374. The van der Waals surface area contributed by atoms with Crippen LogP contribution < -0.4 is 0 Å². The third kappa shape index (κ3) is 7.94. The van der Waals surface area contributed by atoms with Crippen molar-refractivity contribution in [1.82, 2.24) is 0 Å². The van der Waals surface area contributed by atoms with Crippen LogP contribution in [0.25, 0.3) is 0 Å². The van der Waals surface area contributed by atoms with E-state index in [1.807, 2.05) is 0 Å². The standard InChI is InChI=1S/C20H37F3/c1-18(2,3)14-10-7-5-4-6-8-11-15-19(20(21,22)23)16-12-9-13-17-19/h4-17H2,1-3H3. The fourth-order valence-electron chi connectivity index (χ4n) is 3.91. The molecule has 23 heavy (non-hydrogen) atoms. The average molecular weight is 335 g/mol. The van der Waals surface area contributed by atoms with E-state index < -0.39 is 11.6 Å². The van der Waals surface area contributed by atoms with Crippen molar-refractivity contribution in [3.8, 4) is 0 Å². The Balaban J connectivity index is 2.11. The van der Waals surface area contributed by atoms with E-state index in [0.717, 1.165) is 38.5 Å². The van der Waals surface area contributed by atoms with Gasteiger partial charge in [0, 0.05) is 0 Å². The summed E-state index contributed by atoms with van der Waals surface area (Å²) in [7, 11) is 0. The van der Waals surface area contributed by atoms with Crippen LogP contribution in [0, 0.1) is 10.8 Å². The molecule has 0 saturated heterocycles. The zero-order valence-corrected chi connectivity index (χ0v) is 15.5. The summed E-state index contributed by atoms with van der Waals surface area (Å²) in [5.74, 6) is 0. The van der Waals surface area contributed by atoms with E-state index >= 15 is 0 Å². The predicted octanol–water partition coefficient (Wildman–Crippen LogP) is 8.06. The van der Waals surface area contributed by atoms with Crippen LogP contribution in [0.5, 0.6) is 0 Å². The number of unbranched alkanes of at least 4 members (excludes halogenated alkanes) is 6. The van der Waals surface area contributed by atoms with Crippen LogP contribution in [0.2, 0.25) is 0 Å². The van der Waals surface area contributed by atoms with Gasteiger partial charge >= 0.3 is 6.18 Å². The van der Waals surface area contributed by atoms with Crippen LogP contribution in [0.3, 0.4) is 0 Å². The van der Waals surface area contributed by atoms with E-state index in [2.05, 4.69) is 20.8 Å². The molecule has 0 aromatic heterocycles. The van der Waals surface area contributed by atoms with Gasteiger partial charge in [-0.05, 0) is 31.1 Å². The first kappa shape index (κ1) is 20.8. The predicted molar refractivity (Wildman–Crippen MR) is 92.6 cm³/mol. The molecule has 0 amide bonds. The van der Waals surface area contributed by atoms with E-state index in [1.54, 1.807) is 0 Å². The monoisotopic (exact) mass is 334 g/mol. The average Bonchev–Trinajstić information content (AvgIpc) is 2.44. The van der Waals surface area contributed by atoms with Crippen LogP contribution >= 0.6 is 0 Å². The lowest BCUT2D eigenvalue weighted by molar-refractivity contribution is -0.237. The zero-order chi connectivity index (χ0) is 17.4. The summed E-state index contributed by atoms with van der Waals surface area (Å²) in [6.07, 6.45) is 8.64. The minimum absolute atomic E-state index is 0.362. The minimum Gasteiger partial charge on any atom is -0.171 e. The lowest BCUT2D eigenvalue weighted by atomic mass is 9.70. The highest BCUT2D eigenvalue weighted by molar-refractivity contribution is 4.89. The van der Waals surface area contributed by atoms with Gasteiger partial charge in [0.15, 0.2) is 0 Å². The van der Waals surface area contributed by atoms with Gasteiger partial charge in [-0.25, -0.2) is 0 Å². The van der Waals surface area contributed by atoms with Gasteiger partial charge in [0.1, 0.15) is 0 Å². The zero-order valence-electron chi connectivity index (χ0n) is 15.5. The van der Waals surface area contributed by atoms with E-state index in [1.165, 1.54) is 32.1 Å². The van der Waals surface area contributed by atoms with Crippen LogP contribution in [-0.4, -0.2) is 6.18 Å². The first-order valence-electron chi connectivity index (χ1n) is 9.73. The number of rotatable bonds is 9. The summed E-state index contributed by atoms with van der Waals surface area (Å²) in [5, 5.41) is 0. The summed E-state index contributed by atoms with van der Waals surface area (Å²) < 4.78 is 40.2. The molecule has 0 aromatic carbocycles. The van der Waals surface area contributed by atoms with Crippen LogP contribution in [0.1, 0.15) is 111 Å². The van der Waals surface area contributed by atoms with Gasteiger partial charge in [-0.2, -0.15) is 13.2 Å². The molecule has 1 fully saturated rings. The van der Waals surface area contributed by atoms with E-state index in [9.17, 15) is 13.2 Å². The van der Waals surface area contributed by atoms with Gasteiger partial charge in [0.25, 0.3) is 0 Å². The van der Waals surface area contributed by atoms with Crippen molar-refractivity contribution in [2.75, 3.05) is 0 Å². The Morgan fingerprint density at radius 1 is 0.696 bits per heavy atom. The second kappa shape index (κ2) is 9.32. The van der Waals surface area contributed by atoms with Crippen molar-refractivity contribution in [3.05, 3.63) is 0 Å². The Bertz CT molecular complexity index is 306. The topological polar surface area (TPSA) is 0 Å². The molecule has 0 nitrogen and oxygen atoms in total. The molecule has 0 atom stereocenters. The van der Waals surface area contributed by atoms with E-state index in [0.29, 0.717) is 24.7 Å². The van der Waals surface area contributed by atoms with Crippen molar-refractivity contribution >= 4 is 0 Å². The normalized spacial score (nSPS) is 19.0. The van der Waals surface area contributed by atoms with Gasteiger partial charge in [-0.3, -0.25) is 0 Å². The Hall–Kier alpha value is -0.210. The molecule has 3 heteroatoms. The SMILES string of the molecule is CC(C)(C)CCCCCCCCCC1(C(F)(F)F)CCCCC1. The molecular weight excluding hydrogens is 297 g/mol. The Morgan fingerprint density at radius 2 is 1.17 bits per heavy atom. The highest BCUT2D eigenvalue weighted by Gasteiger charge is 2.53. The molecule has 0 aromatic rings. The third-order valence-electron chi connectivity index (χ3n) is 5.49. The molecule has 138 valence electrons. The van der Waals surface area contributed by atoms with Crippen LogP contribution in [-0.2, 0) is 0 Å². The number of hydrogen-bond acceptors (Lipinski definition) is 0. The number of hydrogen-bond donors (Lipinski definition) is 0. The highest BCUT2D eigenvalue weighted by Crippen LogP contribution is 2.52. The summed E-state index contributed by atoms with van der Waals surface area (Å²) in [5.41, 5.74) is -0.927. The molecule has 0 heterocycles. The van der Waals surface area contributed by atoms with Gasteiger partial charge in [0.05, 0.1) is 5.41 Å². The smallest absolute Gasteiger partial charge is 0.171 e. The molecule has 0 bridgehead atoms. The minimum atomic E-state index is -4.00. The maximum atomic E-state index is 13.4. The van der Waals surface area contributed by atoms with Gasteiger partial charge in [-0.15, -0.1) is 0 Å². The first-order valence-corrected chi connectivity index (χ1v) is 9.73. The van der Waals surface area contributed by atoms with Crippen molar-refractivity contribution in [2.24, 2.45) is 10.8 Å². The largest absolute Gasteiger partial charge is 0.394 e. The highest BCUT2D eigenvalue weighted by atomic mass is 19.4. The lowest BCUT2D eigenvalue weighted by Crippen LogP contribution is -2.39. The molecule has 1 saturated carbocycles. The Kier molecular flexibility index (Phi) is 8.44. The van der Waals surface area contributed by atoms with Crippen molar-refractivity contribution in [2.45, 2.75) is 117 Å². The lowest BCUT2D eigenvalue weighted by Gasteiger charge is -2.39. The fourth-order valence-corrected chi connectivity index (χ4v) is 3.91. The number of halogens is 3. The Labute approximate surface area is 141 Å². The van der Waals surface area contributed by atoms with Crippen molar-refractivity contribution < 1.29 is 13.2 Å². The summed E-state index contributed by atoms with van der Waals surface area (Å²) in [6, 6.07) is 0. The summed E-state index contributed by atoms with van der Waals surface area (Å²) >= 11 is 0. The molecule has 1 aliphatic carbocycles. The fraction of sp³-hybridized carbons (Fsp3) is 1.00. The van der Waals surface area contributed by atoms with Crippen molar-refractivity contribution in [3.63, 3.8) is 0 Å².